The van der Waals surface area contributed by atoms with E-state index in [0.717, 1.165) is 18.4 Å². The summed E-state index contributed by atoms with van der Waals surface area (Å²) < 4.78 is 16.6. The molecule has 1 saturated heterocycles. The number of nitrogens with one attached hydrogen (secondary N) is 2. The molecule has 1 aromatic rings. The van der Waals surface area contributed by atoms with Gasteiger partial charge in [-0.3, -0.25) is 14.4 Å². The summed E-state index contributed by atoms with van der Waals surface area (Å²) in [7, 11) is 0. The van der Waals surface area contributed by atoms with Crippen LogP contribution < -0.4 is 10.6 Å². The lowest BCUT2D eigenvalue weighted by molar-refractivity contribution is -0.155. The van der Waals surface area contributed by atoms with Gasteiger partial charge in [-0.05, 0) is 39.2 Å². The molecule has 1 aromatic carbocycles. The Kier molecular flexibility index (Phi) is 9.44. The van der Waals surface area contributed by atoms with E-state index in [4.69, 9.17) is 14.2 Å². The van der Waals surface area contributed by atoms with Crippen molar-refractivity contribution in [3.05, 3.63) is 35.9 Å². The van der Waals surface area contributed by atoms with E-state index >= 15 is 0 Å². The molecule has 10 heteroatoms. The van der Waals surface area contributed by atoms with Crippen LogP contribution in [0.15, 0.2) is 30.3 Å². The molecule has 3 atom stereocenters. The lowest BCUT2D eigenvalue weighted by atomic mass is 10.1. The highest BCUT2D eigenvalue weighted by atomic mass is 16.6. The summed E-state index contributed by atoms with van der Waals surface area (Å²) in [6, 6.07) is 8.83. The highest BCUT2D eigenvalue weighted by molar-refractivity contribution is 5.89. The molecule has 36 heavy (non-hydrogen) atoms. The number of carbonyl (C=O) groups excluding carboxylic acids is 4. The summed E-state index contributed by atoms with van der Waals surface area (Å²) in [5.74, 6) is -1.29. The zero-order valence-electron chi connectivity index (χ0n) is 21.5. The molecule has 0 radical (unpaired) electrons. The molecule has 0 aromatic heterocycles. The van der Waals surface area contributed by atoms with E-state index < -0.39 is 35.9 Å². The summed E-state index contributed by atoms with van der Waals surface area (Å²) in [5, 5.41) is 5.77. The third-order valence-corrected chi connectivity index (χ3v) is 5.78. The quantitative estimate of drug-likeness (QED) is 0.415. The summed E-state index contributed by atoms with van der Waals surface area (Å²) in [6.07, 6.45) is -0.239. The minimum Gasteiger partial charge on any atom is -0.452 e. The second kappa shape index (κ2) is 12.3. The Bertz CT molecular complexity index is 927. The zero-order valence-corrected chi connectivity index (χ0v) is 21.5. The van der Waals surface area contributed by atoms with Crippen molar-refractivity contribution in [3.63, 3.8) is 0 Å². The van der Waals surface area contributed by atoms with Gasteiger partial charge in [0.1, 0.15) is 11.7 Å². The molecule has 2 amide bonds. The number of rotatable bonds is 12. The Morgan fingerprint density at radius 3 is 2.42 bits per heavy atom. The SMILES string of the molecule is CC(=O)OC(C(=O)CNC1CC1)[C@H](CN1CC[C@H](OCc2ccccc2)C1=O)NC(=O)OC(C)(C)C. The number of ketones is 1. The van der Waals surface area contributed by atoms with Gasteiger partial charge in [0.2, 0.25) is 0 Å². The fourth-order valence-electron chi connectivity index (χ4n) is 3.91. The van der Waals surface area contributed by atoms with Gasteiger partial charge in [-0.2, -0.15) is 0 Å². The van der Waals surface area contributed by atoms with E-state index in [9.17, 15) is 19.2 Å². The molecule has 2 N–H and O–H groups in total. The molecule has 0 bridgehead atoms. The Morgan fingerprint density at radius 2 is 1.81 bits per heavy atom. The molecule has 1 aliphatic heterocycles. The van der Waals surface area contributed by atoms with E-state index in [1.165, 1.54) is 11.8 Å². The number of nitrogens with zero attached hydrogens (tertiary/aromatic N) is 1. The molecule has 1 saturated carbocycles. The topological polar surface area (TPSA) is 123 Å². The third-order valence-electron chi connectivity index (χ3n) is 5.78. The summed E-state index contributed by atoms with van der Waals surface area (Å²) in [4.78, 5) is 52.1. The second-order valence-corrected chi connectivity index (χ2v) is 10.3. The number of alkyl carbamates (subject to hydrolysis) is 1. The maximum atomic E-state index is 13.1. The first-order valence-corrected chi connectivity index (χ1v) is 12.4. The van der Waals surface area contributed by atoms with Crippen LogP contribution in [0.1, 0.15) is 52.5 Å². The lowest BCUT2D eigenvalue weighted by Gasteiger charge is -2.31. The number of hydrogen-bond donors (Lipinski definition) is 2. The number of amides is 2. The molecular formula is C26H37N3O7. The molecule has 0 spiro atoms. The fourth-order valence-corrected chi connectivity index (χ4v) is 3.91. The molecule has 2 fully saturated rings. The maximum Gasteiger partial charge on any atom is 0.408 e. The van der Waals surface area contributed by atoms with Crippen LogP contribution in [-0.4, -0.2) is 78.2 Å². The number of carbonyl (C=O) groups is 4. The van der Waals surface area contributed by atoms with Crippen molar-refractivity contribution >= 4 is 23.8 Å². The Balaban J connectivity index is 1.70. The number of esters is 1. The molecule has 1 heterocycles. The van der Waals surface area contributed by atoms with Crippen molar-refractivity contribution in [2.75, 3.05) is 19.6 Å². The number of ether oxygens (including phenoxy) is 3. The molecule has 2 aliphatic rings. The van der Waals surface area contributed by atoms with Crippen molar-refractivity contribution in [2.24, 2.45) is 0 Å². The van der Waals surface area contributed by atoms with E-state index in [1.54, 1.807) is 20.8 Å². The molecule has 10 nitrogen and oxygen atoms in total. The normalized spacial score (nSPS) is 19.5. The Labute approximate surface area is 212 Å². The van der Waals surface area contributed by atoms with Crippen molar-refractivity contribution < 1.29 is 33.4 Å². The number of likely N-dealkylation sites (tertiary alicyclic amines) is 1. The van der Waals surface area contributed by atoms with Crippen LogP contribution in [0, 0.1) is 0 Å². The van der Waals surface area contributed by atoms with Crippen LogP contribution in [0.2, 0.25) is 0 Å². The van der Waals surface area contributed by atoms with E-state index in [2.05, 4.69) is 10.6 Å². The summed E-state index contributed by atoms with van der Waals surface area (Å²) >= 11 is 0. The standard InChI is InChI=1S/C26H37N3O7/c1-17(30)35-23(21(31)14-27-19-10-11-19)20(28-25(33)36-26(2,3)4)15-29-13-12-22(24(29)32)34-16-18-8-6-5-7-9-18/h5-9,19-20,22-23,27H,10-16H2,1-4H3,(H,28,33)/t20-,22-,23?/m0/s1. The largest absolute Gasteiger partial charge is 0.452 e. The Morgan fingerprint density at radius 1 is 1.11 bits per heavy atom. The Hall–Kier alpha value is -2.98. The molecule has 1 aliphatic carbocycles. The lowest BCUT2D eigenvalue weighted by Crippen LogP contribution is -2.56. The summed E-state index contributed by atoms with van der Waals surface area (Å²) in [6.45, 7) is 6.99. The van der Waals surface area contributed by atoms with Crippen LogP contribution in [0.25, 0.3) is 0 Å². The maximum absolute atomic E-state index is 13.1. The van der Waals surface area contributed by atoms with Crippen LogP contribution in [0.4, 0.5) is 4.79 Å². The smallest absolute Gasteiger partial charge is 0.408 e. The predicted molar refractivity (Wildman–Crippen MR) is 131 cm³/mol. The van der Waals surface area contributed by atoms with E-state index in [-0.39, 0.29) is 30.8 Å². The zero-order chi connectivity index (χ0) is 26.3. The van der Waals surface area contributed by atoms with Gasteiger partial charge in [-0.15, -0.1) is 0 Å². The first kappa shape index (κ1) is 27.6. The van der Waals surface area contributed by atoms with Gasteiger partial charge in [0.25, 0.3) is 5.91 Å². The van der Waals surface area contributed by atoms with Gasteiger partial charge in [0.05, 0.1) is 19.2 Å². The number of hydrogen-bond acceptors (Lipinski definition) is 8. The molecule has 198 valence electrons. The van der Waals surface area contributed by atoms with Gasteiger partial charge in [0.15, 0.2) is 11.9 Å². The minimum absolute atomic E-state index is 0.00807. The van der Waals surface area contributed by atoms with E-state index in [0.29, 0.717) is 19.6 Å². The summed E-state index contributed by atoms with van der Waals surface area (Å²) in [5.41, 5.74) is 0.181. The van der Waals surface area contributed by atoms with Crippen molar-refractivity contribution in [2.45, 2.75) is 83.5 Å². The van der Waals surface area contributed by atoms with Crippen LogP contribution in [0.5, 0.6) is 0 Å². The monoisotopic (exact) mass is 503 g/mol. The van der Waals surface area contributed by atoms with Crippen LogP contribution in [0.3, 0.4) is 0 Å². The predicted octanol–water partition coefficient (Wildman–Crippen LogP) is 1.95. The van der Waals surface area contributed by atoms with Gasteiger partial charge in [0, 0.05) is 32.5 Å². The molecule has 1 unspecified atom stereocenters. The van der Waals surface area contributed by atoms with E-state index in [1.807, 2.05) is 30.3 Å². The molecule has 3 rings (SSSR count). The van der Waals surface area contributed by atoms with Gasteiger partial charge < -0.3 is 29.7 Å². The molecular weight excluding hydrogens is 466 g/mol. The third kappa shape index (κ3) is 8.91. The first-order valence-electron chi connectivity index (χ1n) is 12.4. The highest BCUT2D eigenvalue weighted by Gasteiger charge is 2.40. The van der Waals surface area contributed by atoms with Gasteiger partial charge in [-0.1, -0.05) is 30.3 Å². The average molecular weight is 504 g/mol. The van der Waals surface area contributed by atoms with Gasteiger partial charge in [-0.25, -0.2) is 4.79 Å². The van der Waals surface area contributed by atoms with Crippen LogP contribution >= 0.6 is 0 Å². The van der Waals surface area contributed by atoms with Crippen molar-refractivity contribution in [1.82, 2.24) is 15.5 Å². The van der Waals surface area contributed by atoms with Gasteiger partial charge >= 0.3 is 12.1 Å². The van der Waals surface area contributed by atoms with Crippen molar-refractivity contribution in [3.8, 4) is 0 Å². The second-order valence-electron chi connectivity index (χ2n) is 10.3. The number of Topliss-reactive ketones (excluding diaryl/α,β-unsaturated/α-hetero) is 1. The van der Waals surface area contributed by atoms with Crippen molar-refractivity contribution in [1.29, 1.82) is 0 Å². The van der Waals surface area contributed by atoms with Crippen LogP contribution in [-0.2, 0) is 35.2 Å². The minimum atomic E-state index is -1.28. The first-order chi connectivity index (χ1) is 17.0. The highest BCUT2D eigenvalue weighted by Crippen LogP contribution is 2.20. The fraction of sp³-hybridized carbons (Fsp3) is 0.615. The average Bonchev–Trinajstić information content (AvgIpc) is 3.57. The number of benzene rings is 1.